The van der Waals surface area contributed by atoms with Crippen molar-refractivity contribution in [3.63, 3.8) is 0 Å². The maximum absolute atomic E-state index is 12.9. The zero-order chi connectivity index (χ0) is 10.4. The van der Waals surface area contributed by atoms with E-state index in [4.69, 9.17) is 0 Å². The first kappa shape index (κ1) is 11.2. The molecule has 0 saturated carbocycles. The average Bonchev–Trinajstić information content (AvgIpc) is 2.19. The average molecular weight is 195 g/mol. The molecule has 1 unspecified atom stereocenters. The molecule has 0 aliphatic carbocycles. The van der Waals surface area contributed by atoms with Gasteiger partial charge in [0.05, 0.1) is 0 Å². The van der Waals surface area contributed by atoms with Crippen LogP contribution in [0.3, 0.4) is 0 Å². The molecule has 0 amide bonds. The molecule has 0 saturated heterocycles. The minimum Gasteiger partial charge on any atom is -0.261 e. The van der Waals surface area contributed by atoms with Gasteiger partial charge in [0.1, 0.15) is 5.82 Å². The number of rotatable bonds is 5. The van der Waals surface area contributed by atoms with Crippen molar-refractivity contribution in [1.29, 1.82) is 0 Å². The third-order valence-corrected chi connectivity index (χ3v) is 2.56. The lowest BCUT2D eigenvalue weighted by atomic mass is 9.95. The molecule has 0 N–H and O–H groups in total. The predicted octanol–water partition coefficient (Wildman–Crippen LogP) is 3.90. The number of pyridine rings is 1. The zero-order valence-corrected chi connectivity index (χ0v) is 8.96. The lowest BCUT2D eigenvalue weighted by molar-refractivity contribution is 0.548. The van der Waals surface area contributed by atoms with E-state index in [1.807, 2.05) is 0 Å². The number of aromatic nitrogens is 1. The van der Waals surface area contributed by atoms with Crippen molar-refractivity contribution in [2.24, 2.45) is 0 Å². The van der Waals surface area contributed by atoms with Crippen LogP contribution in [0.1, 0.15) is 51.1 Å². The Balaban J connectivity index is 2.68. The second-order valence-electron chi connectivity index (χ2n) is 3.65. The van der Waals surface area contributed by atoms with Crippen LogP contribution in [0.15, 0.2) is 18.3 Å². The standard InChI is InChI=1S/C12H18FN/c1-3-5-6-10(4-2)12-9-11(13)7-8-14-12/h7-10H,3-6H2,1-2H3. The van der Waals surface area contributed by atoms with Crippen LogP contribution < -0.4 is 0 Å². The Morgan fingerprint density at radius 1 is 1.43 bits per heavy atom. The summed E-state index contributed by atoms with van der Waals surface area (Å²) in [6.45, 7) is 4.30. The molecule has 1 rings (SSSR count). The van der Waals surface area contributed by atoms with Crippen LogP contribution in [0.4, 0.5) is 4.39 Å². The number of hydrogen-bond donors (Lipinski definition) is 0. The molecule has 14 heavy (non-hydrogen) atoms. The normalized spacial score (nSPS) is 12.8. The molecular weight excluding hydrogens is 177 g/mol. The van der Waals surface area contributed by atoms with E-state index in [0.29, 0.717) is 5.92 Å². The molecule has 0 bridgehead atoms. The van der Waals surface area contributed by atoms with Crippen molar-refractivity contribution in [2.45, 2.75) is 45.4 Å². The van der Waals surface area contributed by atoms with E-state index in [2.05, 4.69) is 18.8 Å². The van der Waals surface area contributed by atoms with Gasteiger partial charge in [0.25, 0.3) is 0 Å². The largest absolute Gasteiger partial charge is 0.261 e. The highest BCUT2D eigenvalue weighted by molar-refractivity contribution is 5.10. The zero-order valence-electron chi connectivity index (χ0n) is 8.96. The lowest BCUT2D eigenvalue weighted by Crippen LogP contribution is -2.00. The molecule has 0 aliphatic rings. The molecule has 0 fully saturated rings. The van der Waals surface area contributed by atoms with Crippen LogP contribution in [0.5, 0.6) is 0 Å². The lowest BCUT2D eigenvalue weighted by Gasteiger charge is -2.13. The topological polar surface area (TPSA) is 12.9 Å². The summed E-state index contributed by atoms with van der Waals surface area (Å²) >= 11 is 0. The molecule has 0 spiro atoms. The number of nitrogens with zero attached hydrogens (tertiary/aromatic N) is 1. The first-order chi connectivity index (χ1) is 6.77. The van der Waals surface area contributed by atoms with Gasteiger partial charge in [0.2, 0.25) is 0 Å². The highest BCUT2D eigenvalue weighted by Gasteiger charge is 2.10. The third-order valence-electron chi connectivity index (χ3n) is 2.56. The monoisotopic (exact) mass is 195 g/mol. The van der Waals surface area contributed by atoms with Crippen molar-refractivity contribution < 1.29 is 4.39 Å². The molecule has 1 aromatic heterocycles. The van der Waals surface area contributed by atoms with Crippen LogP contribution in [-0.2, 0) is 0 Å². The number of unbranched alkanes of at least 4 members (excludes halogenated alkanes) is 1. The fourth-order valence-electron chi connectivity index (χ4n) is 1.66. The van der Waals surface area contributed by atoms with E-state index in [1.165, 1.54) is 18.9 Å². The van der Waals surface area contributed by atoms with Crippen LogP contribution >= 0.6 is 0 Å². The van der Waals surface area contributed by atoms with Gasteiger partial charge < -0.3 is 0 Å². The Morgan fingerprint density at radius 2 is 2.21 bits per heavy atom. The molecule has 1 aromatic rings. The third kappa shape index (κ3) is 3.09. The van der Waals surface area contributed by atoms with Gasteiger partial charge >= 0.3 is 0 Å². The number of hydrogen-bond acceptors (Lipinski definition) is 1. The summed E-state index contributed by atoms with van der Waals surface area (Å²) in [5, 5.41) is 0. The van der Waals surface area contributed by atoms with Gasteiger partial charge in [0.15, 0.2) is 0 Å². The van der Waals surface area contributed by atoms with Gasteiger partial charge in [-0.25, -0.2) is 4.39 Å². The molecule has 0 aliphatic heterocycles. The second kappa shape index (κ2) is 5.74. The van der Waals surface area contributed by atoms with Gasteiger partial charge in [-0.2, -0.15) is 0 Å². The van der Waals surface area contributed by atoms with Gasteiger partial charge in [-0.3, -0.25) is 4.98 Å². The Morgan fingerprint density at radius 3 is 2.79 bits per heavy atom. The van der Waals surface area contributed by atoms with Gasteiger partial charge in [-0.15, -0.1) is 0 Å². The van der Waals surface area contributed by atoms with E-state index in [1.54, 1.807) is 12.3 Å². The summed E-state index contributed by atoms with van der Waals surface area (Å²) in [5.74, 6) is 0.246. The van der Waals surface area contributed by atoms with E-state index in [9.17, 15) is 4.39 Å². The summed E-state index contributed by atoms with van der Waals surface area (Å²) < 4.78 is 12.9. The van der Waals surface area contributed by atoms with E-state index in [0.717, 1.165) is 18.5 Å². The fourth-order valence-corrected chi connectivity index (χ4v) is 1.66. The second-order valence-corrected chi connectivity index (χ2v) is 3.65. The van der Waals surface area contributed by atoms with E-state index < -0.39 is 0 Å². The first-order valence-corrected chi connectivity index (χ1v) is 5.39. The van der Waals surface area contributed by atoms with E-state index in [-0.39, 0.29) is 5.82 Å². The summed E-state index contributed by atoms with van der Waals surface area (Å²) in [5.41, 5.74) is 0.904. The highest BCUT2D eigenvalue weighted by Crippen LogP contribution is 2.23. The Labute approximate surface area is 85.4 Å². The summed E-state index contributed by atoms with van der Waals surface area (Å²) in [7, 11) is 0. The number of halogens is 1. The summed E-state index contributed by atoms with van der Waals surface area (Å²) in [4.78, 5) is 4.22. The quantitative estimate of drug-likeness (QED) is 0.694. The van der Waals surface area contributed by atoms with Gasteiger partial charge in [-0.1, -0.05) is 26.7 Å². The van der Waals surface area contributed by atoms with Gasteiger partial charge in [-0.05, 0) is 25.0 Å². The smallest absolute Gasteiger partial charge is 0.126 e. The minimum absolute atomic E-state index is 0.176. The van der Waals surface area contributed by atoms with Crippen LogP contribution in [0.2, 0.25) is 0 Å². The summed E-state index contributed by atoms with van der Waals surface area (Å²) in [6.07, 6.45) is 6.09. The maximum Gasteiger partial charge on any atom is 0.126 e. The molecule has 0 radical (unpaired) electrons. The molecule has 0 aromatic carbocycles. The van der Waals surface area contributed by atoms with Crippen LogP contribution in [0.25, 0.3) is 0 Å². The van der Waals surface area contributed by atoms with Crippen molar-refractivity contribution in [3.05, 3.63) is 29.8 Å². The Kier molecular flexibility index (Phi) is 4.57. The van der Waals surface area contributed by atoms with Crippen molar-refractivity contribution >= 4 is 0 Å². The van der Waals surface area contributed by atoms with Crippen molar-refractivity contribution in [3.8, 4) is 0 Å². The van der Waals surface area contributed by atoms with Crippen molar-refractivity contribution in [1.82, 2.24) is 4.98 Å². The fraction of sp³-hybridized carbons (Fsp3) is 0.583. The molecular formula is C12H18FN. The van der Waals surface area contributed by atoms with Crippen LogP contribution in [0, 0.1) is 5.82 Å². The molecule has 2 heteroatoms. The molecule has 1 heterocycles. The maximum atomic E-state index is 12.9. The minimum atomic E-state index is -0.176. The Bertz CT molecular complexity index is 273. The molecule has 1 nitrogen and oxygen atoms in total. The molecule has 78 valence electrons. The Hall–Kier alpha value is -0.920. The predicted molar refractivity (Wildman–Crippen MR) is 56.8 cm³/mol. The van der Waals surface area contributed by atoms with E-state index >= 15 is 0 Å². The van der Waals surface area contributed by atoms with Crippen molar-refractivity contribution in [2.75, 3.05) is 0 Å². The highest BCUT2D eigenvalue weighted by atomic mass is 19.1. The molecule has 1 atom stereocenters. The summed E-state index contributed by atoms with van der Waals surface area (Å²) in [6, 6.07) is 2.96. The van der Waals surface area contributed by atoms with Crippen LogP contribution in [-0.4, -0.2) is 4.98 Å². The SMILES string of the molecule is CCCCC(CC)c1cc(F)ccn1. The van der Waals surface area contributed by atoms with Gasteiger partial charge in [0, 0.05) is 17.8 Å². The first-order valence-electron chi connectivity index (χ1n) is 5.39.